The number of aromatic nitrogens is 1. The van der Waals surface area contributed by atoms with Crippen molar-refractivity contribution in [3.05, 3.63) is 41.2 Å². The van der Waals surface area contributed by atoms with Crippen LogP contribution in [0.4, 0.5) is 5.82 Å². The molecule has 1 aromatic heterocycles. The molecule has 0 fully saturated rings. The molecule has 26 heavy (non-hydrogen) atoms. The van der Waals surface area contributed by atoms with Gasteiger partial charge < -0.3 is 15.2 Å². The molecule has 0 saturated carbocycles. The topological polar surface area (TPSA) is 119 Å². The van der Waals surface area contributed by atoms with Crippen LogP contribution >= 0.6 is 0 Å². The predicted octanol–water partition coefficient (Wildman–Crippen LogP) is 1.41. The first kappa shape index (κ1) is 18.4. The van der Waals surface area contributed by atoms with Crippen LogP contribution in [0, 0.1) is 6.92 Å². The maximum Gasteiger partial charge on any atom is 0.263 e. The van der Waals surface area contributed by atoms with E-state index in [1.165, 1.54) is 6.07 Å². The molecule has 0 saturated heterocycles. The molecule has 1 aliphatic rings. The van der Waals surface area contributed by atoms with E-state index in [-0.39, 0.29) is 16.6 Å². The number of sulfonamides is 1. The highest BCUT2D eigenvalue weighted by Gasteiger charge is 2.26. The van der Waals surface area contributed by atoms with E-state index in [2.05, 4.69) is 9.88 Å². The summed E-state index contributed by atoms with van der Waals surface area (Å²) in [6.45, 7) is 4.48. The summed E-state index contributed by atoms with van der Waals surface area (Å²) in [7, 11) is -3.79. The van der Waals surface area contributed by atoms with Crippen LogP contribution in [0.5, 0.6) is 0 Å². The lowest BCUT2D eigenvalue weighted by Gasteiger charge is -2.31. The second kappa shape index (κ2) is 7.08. The molecule has 0 bridgehead atoms. The number of rotatable bonds is 5. The molecule has 1 atom stereocenters. The number of hydrogen-bond donors (Lipinski definition) is 2. The van der Waals surface area contributed by atoms with E-state index in [0.717, 1.165) is 11.1 Å². The smallest absolute Gasteiger partial charge is 0.263 e. The van der Waals surface area contributed by atoms with Crippen molar-refractivity contribution in [3.8, 4) is 0 Å². The minimum Gasteiger partial charge on any atom is -0.360 e. The van der Waals surface area contributed by atoms with E-state index in [1.807, 2.05) is 6.92 Å². The molecule has 1 amide bonds. The van der Waals surface area contributed by atoms with Crippen molar-refractivity contribution in [1.29, 1.82) is 0 Å². The maximum absolute atomic E-state index is 12.6. The van der Waals surface area contributed by atoms with Gasteiger partial charge in [0, 0.05) is 19.2 Å². The van der Waals surface area contributed by atoms with E-state index >= 15 is 0 Å². The Morgan fingerprint density at radius 2 is 2.15 bits per heavy atom. The summed E-state index contributed by atoms with van der Waals surface area (Å²) >= 11 is 0. The molecule has 3 rings (SSSR count). The summed E-state index contributed by atoms with van der Waals surface area (Å²) < 4.78 is 32.4. The first-order chi connectivity index (χ1) is 12.3. The number of nitrogens with zero attached hydrogens (tertiary/aromatic N) is 2. The highest BCUT2D eigenvalue weighted by Crippen LogP contribution is 2.24. The lowest BCUT2D eigenvalue weighted by molar-refractivity contribution is -0.133. The van der Waals surface area contributed by atoms with Gasteiger partial charge in [-0.15, -0.1) is 0 Å². The fourth-order valence-corrected chi connectivity index (χ4v) is 3.94. The zero-order valence-corrected chi connectivity index (χ0v) is 15.5. The number of amides is 1. The van der Waals surface area contributed by atoms with Crippen molar-refractivity contribution >= 4 is 21.7 Å². The van der Waals surface area contributed by atoms with Gasteiger partial charge in [0.05, 0.1) is 10.9 Å². The van der Waals surface area contributed by atoms with E-state index < -0.39 is 16.1 Å². The molecule has 1 aromatic carbocycles. The van der Waals surface area contributed by atoms with Crippen LogP contribution in [-0.4, -0.2) is 37.0 Å². The highest BCUT2D eigenvalue weighted by atomic mass is 32.2. The Balaban J connectivity index is 1.83. The minimum atomic E-state index is -3.79. The number of fused-ring (bicyclic) bond motifs is 1. The Morgan fingerprint density at radius 1 is 1.38 bits per heavy atom. The number of anilines is 1. The molecule has 1 aliphatic heterocycles. The Bertz CT molecular complexity index is 923. The fraction of sp³-hybridized carbons (Fsp3) is 0.412. The highest BCUT2D eigenvalue weighted by molar-refractivity contribution is 7.92. The standard InChI is InChI=1S/C17H22N4O4S/c1-3-15(18)17(22)21-7-6-12-4-5-14(9-13(12)10-21)26(23,24)20-16-8-11(2)25-19-16/h4-5,8-9,15H,3,6-7,10,18H2,1-2H3,(H,19,20)/t15-/m0/s1. The number of nitrogens with two attached hydrogens (primary N) is 1. The van der Waals surface area contributed by atoms with Crippen molar-refractivity contribution in [2.45, 2.75) is 44.2 Å². The molecule has 2 heterocycles. The van der Waals surface area contributed by atoms with Crippen molar-refractivity contribution in [2.75, 3.05) is 11.3 Å². The summed E-state index contributed by atoms with van der Waals surface area (Å²) in [5.41, 5.74) is 7.69. The molecular formula is C17H22N4O4S. The molecule has 0 spiro atoms. The Labute approximate surface area is 152 Å². The molecule has 0 aliphatic carbocycles. The van der Waals surface area contributed by atoms with E-state index in [9.17, 15) is 13.2 Å². The summed E-state index contributed by atoms with van der Waals surface area (Å²) in [4.78, 5) is 14.1. The monoisotopic (exact) mass is 378 g/mol. The van der Waals surface area contributed by atoms with E-state index in [4.69, 9.17) is 10.3 Å². The van der Waals surface area contributed by atoms with Gasteiger partial charge in [-0.25, -0.2) is 8.42 Å². The number of benzene rings is 1. The molecule has 0 unspecified atom stereocenters. The first-order valence-electron chi connectivity index (χ1n) is 8.42. The first-order valence-corrected chi connectivity index (χ1v) is 9.91. The van der Waals surface area contributed by atoms with Gasteiger partial charge in [0.1, 0.15) is 5.76 Å². The summed E-state index contributed by atoms with van der Waals surface area (Å²) in [5, 5.41) is 3.65. The molecule has 2 aromatic rings. The number of hydrogen-bond acceptors (Lipinski definition) is 6. The largest absolute Gasteiger partial charge is 0.360 e. The lowest BCUT2D eigenvalue weighted by Crippen LogP contribution is -2.45. The van der Waals surface area contributed by atoms with Crippen LogP contribution in [0.25, 0.3) is 0 Å². The van der Waals surface area contributed by atoms with Gasteiger partial charge in [0.2, 0.25) is 5.91 Å². The second-order valence-electron chi connectivity index (χ2n) is 6.38. The molecule has 9 heteroatoms. The van der Waals surface area contributed by atoms with Crippen molar-refractivity contribution in [1.82, 2.24) is 10.1 Å². The number of nitrogens with one attached hydrogen (secondary N) is 1. The van der Waals surface area contributed by atoms with Crippen LogP contribution < -0.4 is 10.5 Å². The van der Waals surface area contributed by atoms with E-state index in [1.54, 1.807) is 30.0 Å². The average molecular weight is 378 g/mol. The van der Waals surface area contributed by atoms with Gasteiger partial charge in [0.15, 0.2) is 5.82 Å². The second-order valence-corrected chi connectivity index (χ2v) is 8.07. The van der Waals surface area contributed by atoms with Crippen molar-refractivity contribution in [2.24, 2.45) is 5.73 Å². The Morgan fingerprint density at radius 3 is 2.81 bits per heavy atom. The van der Waals surface area contributed by atoms with Crippen molar-refractivity contribution in [3.63, 3.8) is 0 Å². The Hall–Kier alpha value is -2.39. The van der Waals surface area contributed by atoms with Gasteiger partial charge in [-0.1, -0.05) is 18.1 Å². The van der Waals surface area contributed by atoms with Crippen molar-refractivity contribution < 1.29 is 17.7 Å². The number of carbonyl (C=O) groups is 1. The third kappa shape index (κ3) is 3.73. The van der Waals surface area contributed by atoms with Crippen LogP contribution in [-0.2, 0) is 27.8 Å². The lowest BCUT2D eigenvalue weighted by atomic mass is 9.99. The number of carbonyl (C=O) groups excluding carboxylic acids is 1. The zero-order valence-electron chi connectivity index (χ0n) is 14.7. The average Bonchev–Trinajstić information content (AvgIpc) is 3.03. The van der Waals surface area contributed by atoms with Crippen LogP contribution in [0.2, 0.25) is 0 Å². The summed E-state index contributed by atoms with van der Waals surface area (Å²) in [6, 6.07) is 5.92. The van der Waals surface area contributed by atoms with Gasteiger partial charge in [-0.2, -0.15) is 0 Å². The molecular weight excluding hydrogens is 356 g/mol. The van der Waals surface area contributed by atoms with Gasteiger partial charge >= 0.3 is 0 Å². The van der Waals surface area contributed by atoms with Crippen LogP contribution in [0.1, 0.15) is 30.2 Å². The molecule has 140 valence electrons. The summed E-state index contributed by atoms with van der Waals surface area (Å²) in [5.74, 6) is 0.531. The minimum absolute atomic E-state index is 0.109. The quantitative estimate of drug-likeness (QED) is 0.812. The molecule has 3 N–H and O–H groups in total. The van der Waals surface area contributed by atoms with E-state index in [0.29, 0.717) is 31.7 Å². The molecule has 0 radical (unpaired) electrons. The summed E-state index contributed by atoms with van der Waals surface area (Å²) in [6.07, 6.45) is 1.24. The predicted molar refractivity (Wildman–Crippen MR) is 95.9 cm³/mol. The molecule has 8 nitrogen and oxygen atoms in total. The third-order valence-electron chi connectivity index (χ3n) is 4.44. The zero-order chi connectivity index (χ0) is 18.9. The van der Waals surface area contributed by atoms with Crippen LogP contribution in [0.15, 0.2) is 33.7 Å². The Kier molecular flexibility index (Phi) is 5.01. The van der Waals surface area contributed by atoms with Gasteiger partial charge in [0.25, 0.3) is 10.0 Å². The third-order valence-corrected chi connectivity index (χ3v) is 5.79. The van der Waals surface area contributed by atoms with Crippen LogP contribution in [0.3, 0.4) is 0 Å². The number of aryl methyl sites for hydroxylation is 1. The SMILES string of the molecule is CC[C@H](N)C(=O)N1CCc2ccc(S(=O)(=O)Nc3cc(C)on3)cc2C1. The normalized spacial score (nSPS) is 15.4. The van der Waals surface area contributed by atoms with Gasteiger partial charge in [-0.05, 0) is 43.0 Å². The maximum atomic E-state index is 12.6. The fourth-order valence-electron chi connectivity index (χ4n) is 2.91. The van der Waals surface area contributed by atoms with Gasteiger partial charge in [-0.3, -0.25) is 9.52 Å².